The summed E-state index contributed by atoms with van der Waals surface area (Å²) in [5.41, 5.74) is 0. The molecule has 0 aliphatic carbocycles. The van der Waals surface area contributed by atoms with Crippen molar-refractivity contribution in [3.05, 3.63) is 5.82 Å². The molecule has 2 heterocycles. The van der Waals surface area contributed by atoms with Crippen molar-refractivity contribution in [1.29, 1.82) is 0 Å². The van der Waals surface area contributed by atoms with Crippen molar-refractivity contribution in [2.75, 3.05) is 6.54 Å². The van der Waals surface area contributed by atoms with Crippen molar-refractivity contribution in [3.63, 3.8) is 0 Å². The quantitative estimate of drug-likeness (QED) is 0.673. The number of nitrogens with zero attached hydrogens (tertiary/aromatic N) is 3. The molecule has 2 rings (SSSR count). The van der Waals surface area contributed by atoms with E-state index < -0.39 is 0 Å². The zero-order chi connectivity index (χ0) is 7.52. The number of tetrazole rings is 1. The van der Waals surface area contributed by atoms with E-state index in [0.717, 1.165) is 18.8 Å². The van der Waals surface area contributed by atoms with Crippen molar-refractivity contribution < 1.29 is 0 Å². The zero-order valence-corrected chi connectivity index (χ0v) is 7.47. The highest BCUT2D eigenvalue weighted by Gasteiger charge is 2.17. The first-order valence-corrected chi connectivity index (χ1v) is 3.93. The molecule has 0 saturated carbocycles. The maximum atomic E-state index is 3.93. The van der Waals surface area contributed by atoms with Gasteiger partial charge in [-0.1, -0.05) is 11.6 Å². The zero-order valence-electron chi connectivity index (χ0n) is 6.66. The fourth-order valence-electron chi connectivity index (χ4n) is 1.39. The van der Waals surface area contributed by atoms with Gasteiger partial charge in [-0.05, 0) is 19.4 Å². The van der Waals surface area contributed by atoms with E-state index in [1.54, 1.807) is 0 Å². The summed E-state index contributed by atoms with van der Waals surface area (Å²) in [6.45, 7) is 1.07. The minimum Gasteiger partial charge on any atom is -0.307 e. The molecule has 0 bridgehead atoms. The summed E-state index contributed by atoms with van der Waals surface area (Å²) in [7, 11) is 0. The first kappa shape index (κ1) is 9.41. The first-order chi connectivity index (χ1) is 5.47. The van der Waals surface area contributed by atoms with Gasteiger partial charge in [0.1, 0.15) is 0 Å². The van der Waals surface area contributed by atoms with Crippen LogP contribution in [0.4, 0.5) is 0 Å². The van der Waals surface area contributed by atoms with Gasteiger partial charge in [-0.3, -0.25) is 0 Å². The predicted molar refractivity (Wildman–Crippen MR) is 46.0 cm³/mol. The van der Waals surface area contributed by atoms with Gasteiger partial charge >= 0.3 is 0 Å². The van der Waals surface area contributed by atoms with Gasteiger partial charge in [0.2, 0.25) is 0 Å². The van der Waals surface area contributed by atoms with Crippen LogP contribution in [0.5, 0.6) is 0 Å². The van der Waals surface area contributed by atoms with E-state index in [9.17, 15) is 0 Å². The Labute approximate surface area is 76.7 Å². The van der Waals surface area contributed by atoms with Gasteiger partial charge in [-0.2, -0.15) is 5.21 Å². The fraction of sp³-hybridized carbons (Fsp3) is 0.833. The predicted octanol–water partition coefficient (Wildman–Crippen LogP) is 0.436. The minimum absolute atomic E-state index is 0. The monoisotopic (exact) mass is 189 g/mol. The van der Waals surface area contributed by atoms with Gasteiger partial charge in [-0.25, -0.2) is 0 Å². The van der Waals surface area contributed by atoms with Gasteiger partial charge in [-0.15, -0.1) is 22.6 Å². The Hall–Kier alpha value is -0.680. The second kappa shape index (κ2) is 4.37. The number of halogens is 1. The van der Waals surface area contributed by atoms with Crippen molar-refractivity contribution in [2.24, 2.45) is 0 Å². The highest BCUT2D eigenvalue weighted by molar-refractivity contribution is 5.85. The maximum absolute atomic E-state index is 3.93. The summed E-state index contributed by atoms with van der Waals surface area (Å²) in [4.78, 5) is 0. The van der Waals surface area contributed by atoms with Crippen LogP contribution in [0.15, 0.2) is 0 Å². The summed E-state index contributed by atoms with van der Waals surface area (Å²) in [6, 6.07) is 0.322. The molecular formula is C6H12ClN5. The van der Waals surface area contributed by atoms with Crippen LogP contribution in [0.3, 0.4) is 0 Å². The Morgan fingerprint density at radius 1 is 1.33 bits per heavy atom. The van der Waals surface area contributed by atoms with E-state index in [-0.39, 0.29) is 12.4 Å². The highest BCUT2D eigenvalue weighted by Crippen LogP contribution is 2.18. The number of nitrogens with one attached hydrogen (secondary N) is 2. The van der Waals surface area contributed by atoms with E-state index >= 15 is 0 Å². The molecule has 1 fully saturated rings. The van der Waals surface area contributed by atoms with Gasteiger partial charge in [0, 0.05) is 0 Å². The summed E-state index contributed by atoms with van der Waals surface area (Å²) in [5, 5.41) is 17.2. The normalized spacial score (nSPS) is 23.2. The molecule has 0 amide bonds. The van der Waals surface area contributed by atoms with E-state index in [1.807, 2.05) is 0 Å². The average Bonchev–Trinajstić information content (AvgIpc) is 2.58. The molecule has 6 heteroatoms. The molecule has 1 saturated heterocycles. The average molecular weight is 190 g/mol. The smallest absolute Gasteiger partial charge is 0.191 e. The Morgan fingerprint density at radius 2 is 2.25 bits per heavy atom. The molecule has 1 aliphatic heterocycles. The third kappa shape index (κ3) is 1.92. The SMILES string of the molecule is C1CCC(c2nn[nH]n2)NC1.Cl. The topological polar surface area (TPSA) is 66.5 Å². The van der Waals surface area contributed by atoms with Crippen LogP contribution < -0.4 is 5.32 Å². The van der Waals surface area contributed by atoms with E-state index in [4.69, 9.17) is 0 Å². The molecule has 68 valence electrons. The molecule has 5 nitrogen and oxygen atoms in total. The highest BCUT2D eigenvalue weighted by atomic mass is 35.5. The van der Waals surface area contributed by atoms with E-state index in [1.165, 1.54) is 12.8 Å². The molecule has 1 aromatic heterocycles. The minimum atomic E-state index is 0. The third-order valence-corrected chi connectivity index (χ3v) is 1.98. The number of hydrogen-bond donors (Lipinski definition) is 2. The summed E-state index contributed by atoms with van der Waals surface area (Å²) < 4.78 is 0. The molecule has 0 radical (unpaired) electrons. The molecule has 2 N–H and O–H groups in total. The van der Waals surface area contributed by atoms with Crippen LogP contribution >= 0.6 is 12.4 Å². The molecular weight excluding hydrogens is 178 g/mol. The fourth-order valence-corrected chi connectivity index (χ4v) is 1.39. The number of piperidine rings is 1. The number of hydrogen-bond acceptors (Lipinski definition) is 4. The van der Waals surface area contributed by atoms with Crippen molar-refractivity contribution in [2.45, 2.75) is 25.3 Å². The van der Waals surface area contributed by atoms with Crippen molar-refractivity contribution in [3.8, 4) is 0 Å². The van der Waals surface area contributed by atoms with E-state index in [2.05, 4.69) is 25.9 Å². The number of H-pyrrole nitrogens is 1. The van der Waals surface area contributed by atoms with Gasteiger partial charge in [0.15, 0.2) is 5.82 Å². The summed E-state index contributed by atoms with van der Waals surface area (Å²) >= 11 is 0. The lowest BCUT2D eigenvalue weighted by molar-refractivity contribution is 0.397. The van der Waals surface area contributed by atoms with Gasteiger partial charge in [0.25, 0.3) is 0 Å². The molecule has 0 aromatic carbocycles. The molecule has 1 unspecified atom stereocenters. The van der Waals surface area contributed by atoms with Gasteiger partial charge in [0.05, 0.1) is 6.04 Å². The lowest BCUT2D eigenvalue weighted by atomic mass is 10.1. The Bertz CT molecular complexity index is 206. The second-order valence-corrected chi connectivity index (χ2v) is 2.77. The Morgan fingerprint density at radius 3 is 2.83 bits per heavy atom. The van der Waals surface area contributed by atoms with Crippen LogP contribution in [0.1, 0.15) is 31.1 Å². The van der Waals surface area contributed by atoms with Crippen molar-refractivity contribution >= 4 is 12.4 Å². The largest absolute Gasteiger partial charge is 0.307 e. The molecule has 1 aliphatic rings. The Balaban J connectivity index is 0.000000720. The third-order valence-electron chi connectivity index (χ3n) is 1.98. The van der Waals surface area contributed by atoms with Crippen LogP contribution in [0.2, 0.25) is 0 Å². The summed E-state index contributed by atoms with van der Waals surface area (Å²) in [5.74, 6) is 0.796. The van der Waals surface area contributed by atoms with Crippen molar-refractivity contribution in [1.82, 2.24) is 25.9 Å². The lowest BCUT2D eigenvalue weighted by Gasteiger charge is -2.19. The number of rotatable bonds is 1. The number of aromatic amines is 1. The maximum Gasteiger partial charge on any atom is 0.191 e. The number of aromatic nitrogens is 4. The van der Waals surface area contributed by atoms with Crippen LogP contribution in [-0.2, 0) is 0 Å². The standard InChI is InChI=1S/C6H11N5.ClH/c1-2-4-7-5(3-1)6-8-10-11-9-6;/h5,7H,1-4H2,(H,8,9,10,11);1H. The van der Waals surface area contributed by atoms with Crippen LogP contribution in [-0.4, -0.2) is 27.2 Å². The molecule has 12 heavy (non-hydrogen) atoms. The van der Waals surface area contributed by atoms with E-state index in [0.29, 0.717) is 6.04 Å². The molecule has 1 atom stereocenters. The molecule has 0 spiro atoms. The Kier molecular flexibility index (Phi) is 3.43. The lowest BCUT2D eigenvalue weighted by Crippen LogP contribution is -2.27. The summed E-state index contributed by atoms with van der Waals surface area (Å²) in [6.07, 6.45) is 3.64. The first-order valence-electron chi connectivity index (χ1n) is 3.93. The van der Waals surface area contributed by atoms with Crippen LogP contribution in [0.25, 0.3) is 0 Å². The molecule has 1 aromatic rings. The second-order valence-electron chi connectivity index (χ2n) is 2.77. The van der Waals surface area contributed by atoms with Gasteiger partial charge < -0.3 is 5.32 Å². The van der Waals surface area contributed by atoms with Crippen LogP contribution in [0, 0.1) is 0 Å².